The first kappa shape index (κ1) is 18.2. The highest BCUT2D eigenvalue weighted by molar-refractivity contribution is 5.74. The number of anilines is 1. The summed E-state index contributed by atoms with van der Waals surface area (Å²) in [5.41, 5.74) is -0.800. The van der Waals surface area contributed by atoms with E-state index in [4.69, 9.17) is 9.84 Å². The first-order valence-corrected chi connectivity index (χ1v) is 7.69. The highest BCUT2D eigenvalue weighted by atomic mass is 16.5. The summed E-state index contributed by atoms with van der Waals surface area (Å²) in [7, 11) is 1.49. The Morgan fingerprint density at radius 2 is 2.08 bits per heavy atom. The van der Waals surface area contributed by atoms with E-state index >= 15 is 0 Å². The molecule has 0 fully saturated rings. The van der Waals surface area contributed by atoms with Gasteiger partial charge < -0.3 is 24.8 Å². The molecule has 2 heterocycles. The molecule has 0 saturated heterocycles. The van der Waals surface area contributed by atoms with Crippen LogP contribution in [0.25, 0.3) is 11.2 Å². The number of aromatic amines is 1. The Kier molecular flexibility index (Phi) is 5.75. The van der Waals surface area contributed by atoms with Crippen molar-refractivity contribution in [2.24, 2.45) is 7.05 Å². The molecule has 0 aliphatic heterocycles. The lowest BCUT2D eigenvalue weighted by molar-refractivity contribution is -0.000109. The molecule has 0 radical (unpaired) electrons. The second-order valence-electron chi connectivity index (χ2n) is 5.72. The zero-order valence-corrected chi connectivity index (χ0v) is 13.9. The van der Waals surface area contributed by atoms with Crippen molar-refractivity contribution < 1.29 is 14.9 Å². The molecular weight excluding hydrogens is 318 g/mol. The molecule has 134 valence electrons. The van der Waals surface area contributed by atoms with Gasteiger partial charge in [-0.1, -0.05) is 0 Å². The second kappa shape index (κ2) is 7.60. The molecule has 0 amide bonds. The molecule has 2 rings (SSSR count). The van der Waals surface area contributed by atoms with E-state index in [1.165, 1.54) is 16.2 Å². The molecule has 0 aliphatic carbocycles. The lowest BCUT2D eigenvalue weighted by Crippen LogP contribution is -2.31. The summed E-state index contributed by atoms with van der Waals surface area (Å²) in [6, 6.07) is 0. The summed E-state index contributed by atoms with van der Waals surface area (Å²) in [6.07, 6.45) is -0.897. The normalized spacial score (nSPS) is 12.9. The standard InChI is InChI=1S/C14H23N5O5/c1-8(2)24-7-9(21)6-19-10-11(16-13(19)15-4-5-20)18(3)14(23)17-12(10)22/h8-9,20-21H,4-7H2,1-3H3,(H,15,16)(H,17,22,23)/t9-/m1/s1. The molecule has 0 aromatic carbocycles. The average molecular weight is 341 g/mol. The number of hydrogen-bond acceptors (Lipinski definition) is 7. The van der Waals surface area contributed by atoms with Crippen LogP contribution in [0.15, 0.2) is 9.59 Å². The van der Waals surface area contributed by atoms with Gasteiger partial charge in [0.2, 0.25) is 5.95 Å². The van der Waals surface area contributed by atoms with Gasteiger partial charge in [0.05, 0.1) is 32.0 Å². The maximum absolute atomic E-state index is 12.2. The minimum atomic E-state index is -0.865. The molecule has 0 spiro atoms. The lowest BCUT2D eigenvalue weighted by Gasteiger charge is -2.16. The molecule has 0 bridgehead atoms. The second-order valence-corrected chi connectivity index (χ2v) is 5.72. The van der Waals surface area contributed by atoms with E-state index in [9.17, 15) is 14.7 Å². The molecule has 4 N–H and O–H groups in total. The molecule has 10 heteroatoms. The number of ether oxygens (including phenoxy) is 1. The number of fused-ring (bicyclic) bond motifs is 1. The summed E-state index contributed by atoms with van der Waals surface area (Å²) >= 11 is 0. The fourth-order valence-electron chi connectivity index (χ4n) is 2.28. The maximum Gasteiger partial charge on any atom is 0.329 e. The largest absolute Gasteiger partial charge is 0.395 e. The van der Waals surface area contributed by atoms with Crippen molar-refractivity contribution in [3.8, 4) is 0 Å². The van der Waals surface area contributed by atoms with Crippen molar-refractivity contribution in [2.75, 3.05) is 25.1 Å². The zero-order chi connectivity index (χ0) is 17.9. The predicted molar refractivity (Wildman–Crippen MR) is 88.3 cm³/mol. The van der Waals surface area contributed by atoms with Crippen LogP contribution in [-0.4, -0.2) is 61.3 Å². The van der Waals surface area contributed by atoms with Crippen LogP contribution in [0.5, 0.6) is 0 Å². The zero-order valence-electron chi connectivity index (χ0n) is 13.9. The maximum atomic E-state index is 12.2. The Morgan fingerprint density at radius 1 is 1.38 bits per heavy atom. The Bertz CT molecular complexity index is 806. The summed E-state index contributed by atoms with van der Waals surface area (Å²) < 4.78 is 8.07. The number of nitrogens with zero attached hydrogens (tertiary/aromatic N) is 3. The highest BCUT2D eigenvalue weighted by Gasteiger charge is 2.19. The summed E-state index contributed by atoms with van der Waals surface area (Å²) in [5.74, 6) is 0.286. The van der Waals surface area contributed by atoms with Gasteiger partial charge in [-0.2, -0.15) is 4.98 Å². The number of aryl methyl sites for hydroxylation is 1. The molecule has 10 nitrogen and oxygen atoms in total. The smallest absolute Gasteiger partial charge is 0.329 e. The van der Waals surface area contributed by atoms with Gasteiger partial charge in [-0.05, 0) is 13.8 Å². The van der Waals surface area contributed by atoms with E-state index < -0.39 is 17.4 Å². The van der Waals surface area contributed by atoms with Crippen molar-refractivity contribution in [3.63, 3.8) is 0 Å². The van der Waals surface area contributed by atoms with Crippen LogP contribution in [0.1, 0.15) is 13.8 Å². The van der Waals surface area contributed by atoms with Crippen LogP contribution in [0.3, 0.4) is 0 Å². The first-order valence-electron chi connectivity index (χ1n) is 7.69. The van der Waals surface area contributed by atoms with Gasteiger partial charge in [0, 0.05) is 13.6 Å². The Morgan fingerprint density at radius 3 is 2.71 bits per heavy atom. The third kappa shape index (κ3) is 3.83. The van der Waals surface area contributed by atoms with E-state index in [-0.39, 0.29) is 49.5 Å². The van der Waals surface area contributed by atoms with E-state index in [1.54, 1.807) is 0 Å². The van der Waals surface area contributed by atoms with Crippen molar-refractivity contribution in [1.82, 2.24) is 19.1 Å². The van der Waals surface area contributed by atoms with E-state index in [0.29, 0.717) is 0 Å². The summed E-state index contributed by atoms with van der Waals surface area (Å²) in [5, 5.41) is 22.0. The van der Waals surface area contributed by atoms with Gasteiger partial charge in [0.1, 0.15) is 0 Å². The van der Waals surface area contributed by atoms with E-state index in [0.717, 1.165) is 0 Å². The molecular formula is C14H23N5O5. The topological polar surface area (TPSA) is 134 Å². The summed E-state index contributed by atoms with van der Waals surface area (Å²) in [6.45, 7) is 3.95. The summed E-state index contributed by atoms with van der Waals surface area (Å²) in [4.78, 5) is 30.4. The van der Waals surface area contributed by atoms with Crippen LogP contribution >= 0.6 is 0 Å². The van der Waals surface area contributed by atoms with Gasteiger partial charge in [-0.15, -0.1) is 0 Å². The fourth-order valence-corrected chi connectivity index (χ4v) is 2.28. The molecule has 0 saturated carbocycles. The molecule has 0 unspecified atom stereocenters. The number of imidazole rings is 1. The first-order chi connectivity index (χ1) is 11.3. The third-order valence-electron chi connectivity index (χ3n) is 3.42. The van der Waals surface area contributed by atoms with Crippen LogP contribution in [0.4, 0.5) is 5.95 Å². The highest BCUT2D eigenvalue weighted by Crippen LogP contribution is 2.16. The number of aliphatic hydroxyl groups is 2. The van der Waals surface area contributed by atoms with E-state index in [1.807, 2.05) is 13.8 Å². The van der Waals surface area contributed by atoms with Crippen LogP contribution in [0, 0.1) is 0 Å². The monoisotopic (exact) mass is 341 g/mol. The molecule has 2 aromatic rings. The van der Waals surface area contributed by atoms with Gasteiger partial charge in [0.15, 0.2) is 11.2 Å². The molecule has 0 aliphatic rings. The fraction of sp³-hybridized carbons (Fsp3) is 0.643. The molecule has 1 atom stereocenters. The third-order valence-corrected chi connectivity index (χ3v) is 3.42. The van der Waals surface area contributed by atoms with Gasteiger partial charge in [-0.3, -0.25) is 14.3 Å². The Labute approximate surface area is 137 Å². The molecule has 2 aromatic heterocycles. The lowest BCUT2D eigenvalue weighted by atomic mass is 10.3. The predicted octanol–water partition coefficient (Wildman–Crippen LogP) is -1.39. The Balaban J connectivity index is 2.46. The van der Waals surface area contributed by atoms with Crippen LogP contribution < -0.4 is 16.6 Å². The van der Waals surface area contributed by atoms with Crippen molar-refractivity contribution >= 4 is 17.1 Å². The van der Waals surface area contributed by atoms with Gasteiger partial charge in [-0.25, -0.2) is 4.79 Å². The number of nitrogens with one attached hydrogen (secondary N) is 2. The Hall–Kier alpha value is -2.17. The average Bonchev–Trinajstić information content (AvgIpc) is 2.87. The molecule has 24 heavy (non-hydrogen) atoms. The van der Waals surface area contributed by atoms with Crippen LogP contribution in [-0.2, 0) is 18.3 Å². The van der Waals surface area contributed by atoms with Gasteiger partial charge >= 0.3 is 5.69 Å². The van der Waals surface area contributed by atoms with Gasteiger partial charge in [0.25, 0.3) is 5.56 Å². The number of hydrogen-bond donors (Lipinski definition) is 4. The minimum absolute atomic E-state index is 0.0320. The number of aromatic nitrogens is 4. The minimum Gasteiger partial charge on any atom is -0.395 e. The van der Waals surface area contributed by atoms with E-state index in [2.05, 4.69) is 15.3 Å². The van der Waals surface area contributed by atoms with Crippen molar-refractivity contribution in [3.05, 3.63) is 20.8 Å². The number of rotatable bonds is 8. The van der Waals surface area contributed by atoms with Crippen molar-refractivity contribution in [2.45, 2.75) is 32.6 Å². The number of aliphatic hydroxyl groups excluding tert-OH is 2. The SMILES string of the molecule is CC(C)OC[C@H](O)Cn1c(NCCO)nc2c1c(=O)[nH]c(=O)n2C. The van der Waals surface area contributed by atoms with Crippen LogP contribution in [0.2, 0.25) is 0 Å². The van der Waals surface area contributed by atoms with Crippen molar-refractivity contribution in [1.29, 1.82) is 0 Å². The number of H-pyrrole nitrogens is 1. The quantitative estimate of drug-likeness (QED) is 0.464.